The number of benzene rings is 2. The van der Waals surface area contributed by atoms with Gasteiger partial charge in [0.25, 0.3) is 5.91 Å². The molecule has 3 aromatic rings. The quantitative estimate of drug-likeness (QED) is 0.749. The molecule has 1 heterocycles. The number of carboxylic acids is 1. The molecule has 0 saturated heterocycles. The fourth-order valence-electron chi connectivity index (χ4n) is 3.52. The fraction of sp³-hybridized carbons (Fsp3) is 0.190. The Morgan fingerprint density at radius 1 is 0.962 bits per heavy atom. The smallest absolute Gasteiger partial charge is 0.335 e. The maximum atomic E-state index is 13.1. The average molecular weight is 346 g/mol. The van der Waals surface area contributed by atoms with Gasteiger partial charge < -0.3 is 10.4 Å². The van der Waals surface area contributed by atoms with Gasteiger partial charge in [-0.1, -0.05) is 18.2 Å². The largest absolute Gasteiger partial charge is 0.478 e. The predicted octanol–water partition coefficient (Wildman–Crippen LogP) is 4.06. The maximum Gasteiger partial charge on any atom is 0.335 e. The van der Waals surface area contributed by atoms with Crippen LogP contribution in [0.2, 0.25) is 0 Å². The average Bonchev–Trinajstić information content (AvgIpc) is 2.66. The second-order valence-electron chi connectivity index (χ2n) is 6.47. The van der Waals surface area contributed by atoms with Gasteiger partial charge in [0.2, 0.25) is 0 Å². The van der Waals surface area contributed by atoms with Crippen molar-refractivity contribution in [1.29, 1.82) is 0 Å². The number of pyridine rings is 1. The van der Waals surface area contributed by atoms with Crippen LogP contribution in [-0.4, -0.2) is 22.0 Å². The molecule has 5 heteroatoms. The van der Waals surface area contributed by atoms with Gasteiger partial charge in [-0.25, -0.2) is 4.79 Å². The zero-order valence-electron chi connectivity index (χ0n) is 14.2. The van der Waals surface area contributed by atoms with Crippen LogP contribution in [0.15, 0.2) is 48.5 Å². The van der Waals surface area contributed by atoms with Gasteiger partial charge in [-0.2, -0.15) is 0 Å². The molecule has 4 rings (SSSR count). The van der Waals surface area contributed by atoms with E-state index < -0.39 is 5.97 Å². The highest BCUT2D eigenvalue weighted by Gasteiger charge is 2.22. The first kappa shape index (κ1) is 16.3. The number of nitrogens with zero attached hydrogens (tertiary/aromatic N) is 1. The Kier molecular flexibility index (Phi) is 4.13. The lowest BCUT2D eigenvalue weighted by Gasteiger charge is -2.20. The number of aromatic carboxylic acids is 1. The molecule has 0 atom stereocenters. The van der Waals surface area contributed by atoms with E-state index in [9.17, 15) is 9.59 Å². The molecule has 1 amide bonds. The molecule has 1 aromatic heterocycles. The SMILES string of the molecule is O=C(O)c1ccc(NC(=O)c2c3c(nc4ccccc24)CCCC3)cc1. The molecule has 0 bridgehead atoms. The number of hydrogen-bond donors (Lipinski definition) is 2. The topological polar surface area (TPSA) is 79.3 Å². The van der Waals surface area contributed by atoms with Crippen LogP contribution in [0, 0.1) is 0 Å². The van der Waals surface area contributed by atoms with Gasteiger partial charge in [0.15, 0.2) is 0 Å². The molecule has 26 heavy (non-hydrogen) atoms. The number of rotatable bonds is 3. The number of fused-ring (bicyclic) bond motifs is 2. The summed E-state index contributed by atoms with van der Waals surface area (Å²) >= 11 is 0. The van der Waals surface area contributed by atoms with Crippen LogP contribution >= 0.6 is 0 Å². The van der Waals surface area contributed by atoms with Crippen LogP contribution in [0.25, 0.3) is 10.9 Å². The van der Waals surface area contributed by atoms with Crippen LogP contribution in [0.3, 0.4) is 0 Å². The summed E-state index contributed by atoms with van der Waals surface area (Å²) in [6, 6.07) is 13.9. The summed E-state index contributed by atoms with van der Waals surface area (Å²) in [7, 11) is 0. The lowest BCUT2D eigenvalue weighted by Crippen LogP contribution is -2.19. The first-order chi connectivity index (χ1) is 12.6. The summed E-state index contributed by atoms with van der Waals surface area (Å²) in [5.41, 5.74) is 4.34. The van der Waals surface area contributed by atoms with Crippen LogP contribution in [-0.2, 0) is 12.8 Å². The molecule has 5 nitrogen and oxygen atoms in total. The van der Waals surface area contributed by atoms with Crippen LogP contribution < -0.4 is 5.32 Å². The summed E-state index contributed by atoms with van der Waals surface area (Å²) in [6.45, 7) is 0. The molecular formula is C21H18N2O3. The summed E-state index contributed by atoms with van der Waals surface area (Å²) in [6.07, 6.45) is 3.90. The Morgan fingerprint density at radius 3 is 2.46 bits per heavy atom. The molecule has 0 saturated carbocycles. The number of hydrogen-bond acceptors (Lipinski definition) is 3. The van der Waals surface area contributed by atoms with Crippen molar-refractivity contribution in [1.82, 2.24) is 4.98 Å². The second kappa shape index (κ2) is 6.59. The number of nitrogens with one attached hydrogen (secondary N) is 1. The molecule has 0 spiro atoms. The highest BCUT2D eigenvalue weighted by atomic mass is 16.4. The van der Waals surface area contributed by atoms with Gasteiger partial charge in [-0.15, -0.1) is 0 Å². The molecule has 0 unspecified atom stereocenters. The minimum atomic E-state index is -0.989. The third-order valence-electron chi connectivity index (χ3n) is 4.79. The van der Waals surface area contributed by atoms with Crippen molar-refractivity contribution in [2.24, 2.45) is 0 Å². The summed E-state index contributed by atoms with van der Waals surface area (Å²) < 4.78 is 0. The van der Waals surface area contributed by atoms with Gasteiger partial charge in [-0.05, 0) is 61.6 Å². The van der Waals surface area contributed by atoms with Gasteiger partial charge in [-0.3, -0.25) is 9.78 Å². The predicted molar refractivity (Wildman–Crippen MR) is 99.7 cm³/mol. The van der Waals surface area contributed by atoms with Crippen molar-refractivity contribution >= 4 is 28.5 Å². The van der Waals surface area contributed by atoms with Crippen LogP contribution in [0.5, 0.6) is 0 Å². The second-order valence-corrected chi connectivity index (χ2v) is 6.47. The zero-order valence-corrected chi connectivity index (χ0v) is 14.2. The third kappa shape index (κ3) is 2.92. The highest BCUT2D eigenvalue weighted by Crippen LogP contribution is 2.29. The number of carbonyl (C=O) groups is 2. The van der Waals surface area contributed by atoms with E-state index in [1.54, 1.807) is 12.1 Å². The first-order valence-electron chi connectivity index (χ1n) is 8.68. The van der Waals surface area contributed by atoms with Crippen LogP contribution in [0.4, 0.5) is 5.69 Å². The molecule has 130 valence electrons. The molecule has 1 aliphatic carbocycles. The maximum absolute atomic E-state index is 13.1. The zero-order chi connectivity index (χ0) is 18.1. The van der Waals surface area contributed by atoms with E-state index in [0.717, 1.165) is 47.8 Å². The van der Waals surface area contributed by atoms with E-state index in [0.29, 0.717) is 11.3 Å². The van der Waals surface area contributed by atoms with Crippen molar-refractivity contribution in [3.8, 4) is 0 Å². The normalized spacial score (nSPS) is 13.2. The van der Waals surface area contributed by atoms with Gasteiger partial charge in [0.1, 0.15) is 0 Å². The number of para-hydroxylation sites is 1. The Morgan fingerprint density at radius 2 is 1.69 bits per heavy atom. The van der Waals surface area contributed by atoms with E-state index >= 15 is 0 Å². The van der Waals surface area contributed by atoms with Gasteiger partial charge >= 0.3 is 5.97 Å². The Bertz CT molecular complexity index is 1010. The van der Waals surface area contributed by atoms with Crippen LogP contribution in [0.1, 0.15) is 44.8 Å². The van der Waals surface area contributed by atoms with E-state index in [1.165, 1.54) is 12.1 Å². The minimum absolute atomic E-state index is 0.176. The van der Waals surface area contributed by atoms with Crippen molar-refractivity contribution in [3.05, 3.63) is 70.9 Å². The number of amides is 1. The third-order valence-corrected chi connectivity index (χ3v) is 4.79. The Hall–Kier alpha value is -3.21. The fourth-order valence-corrected chi connectivity index (χ4v) is 3.52. The van der Waals surface area contributed by atoms with Gasteiger partial charge in [0.05, 0.1) is 16.6 Å². The number of carbonyl (C=O) groups excluding carboxylic acids is 1. The molecular weight excluding hydrogens is 328 g/mol. The molecule has 0 fully saturated rings. The summed E-state index contributed by atoms with van der Waals surface area (Å²) in [5.74, 6) is -1.16. The number of carboxylic acid groups (broad SMARTS) is 1. The summed E-state index contributed by atoms with van der Waals surface area (Å²) in [5, 5.41) is 12.8. The standard InChI is InChI=1S/C21H18N2O3/c24-20(22-14-11-9-13(10-12-14)21(25)26)19-15-5-1-3-7-17(15)23-18-8-4-2-6-16(18)19/h1,3,5,7,9-12H,2,4,6,8H2,(H,22,24)(H,25,26). The van der Waals surface area contributed by atoms with Crippen molar-refractivity contribution in [2.45, 2.75) is 25.7 Å². The minimum Gasteiger partial charge on any atom is -0.478 e. The molecule has 0 aliphatic heterocycles. The summed E-state index contributed by atoms with van der Waals surface area (Å²) in [4.78, 5) is 28.8. The number of aryl methyl sites for hydroxylation is 1. The van der Waals surface area contributed by atoms with E-state index in [4.69, 9.17) is 10.1 Å². The molecule has 0 radical (unpaired) electrons. The van der Waals surface area contributed by atoms with Crippen molar-refractivity contribution in [2.75, 3.05) is 5.32 Å². The number of aromatic nitrogens is 1. The van der Waals surface area contributed by atoms with Crippen molar-refractivity contribution in [3.63, 3.8) is 0 Å². The Labute approximate surface area is 150 Å². The van der Waals surface area contributed by atoms with Gasteiger partial charge in [0, 0.05) is 16.8 Å². The first-order valence-corrected chi connectivity index (χ1v) is 8.68. The highest BCUT2D eigenvalue weighted by molar-refractivity contribution is 6.13. The van der Waals surface area contributed by atoms with E-state index in [2.05, 4.69) is 5.32 Å². The molecule has 1 aliphatic rings. The Balaban J connectivity index is 1.75. The lowest BCUT2D eigenvalue weighted by molar-refractivity contribution is 0.0696. The monoisotopic (exact) mass is 346 g/mol. The lowest BCUT2D eigenvalue weighted by atomic mass is 9.89. The van der Waals surface area contributed by atoms with E-state index in [1.807, 2.05) is 24.3 Å². The number of anilines is 1. The molecule has 2 aromatic carbocycles. The molecule has 2 N–H and O–H groups in total. The van der Waals surface area contributed by atoms with E-state index in [-0.39, 0.29) is 11.5 Å². The van der Waals surface area contributed by atoms with Crippen molar-refractivity contribution < 1.29 is 14.7 Å².